The molecule has 1 aliphatic heterocycles. The van der Waals surface area contributed by atoms with Crippen LogP contribution in [-0.2, 0) is 6.61 Å². The molecule has 2 aromatic rings. The molecule has 2 aromatic heterocycles. The second-order valence-electron chi connectivity index (χ2n) is 4.51. The highest BCUT2D eigenvalue weighted by Gasteiger charge is 2.32. The van der Waals surface area contributed by atoms with Crippen molar-refractivity contribution in [1.29, 1.82) is 0 Å². The van der Waals surface area contributed by atoms with E-state index in [1.54, 1.807) is 10.9 Å². The van der Waals surface area contributed by atoms with Gasteiger partial charge in [-0.15, -0.1) is 11.3 Å². The average Bonchev–Trinajstić information content (AvgIpc) is 3.16. The number of thiazole rings is 1. The lowest BCUT2D eigenvalue weighted by Gasteiger charge is -2.22. The SMILES string of the molecule is O=C(c1cscn1)N1CCCC1c1cc(CO)[nH]n1. The van der Waals surface area contributed by atoms with E-state index in [-0.39, 0.29) is 18.6 Å². The number of carbonyl (C=O) groups is 1. The molecule has 1 saturated heterocycles. The molecule has 0 radical (unpaired) electrons. The number of aliphatic hydroxyl groups is 1. The van der Waals surface area contributed by atoms with Crippen molar-refractivity contribution >= 4 is 17.2 Å². The zero-order valence-electron chi connectivity index (χ0n) is 10.2. The highest BCUT2D eigenvalue weighted by molar-refractivity contribution is 7.07. The maximum Gasteiger partial charge on any atom is 0.273 e. The molecule has 6 nitrogen and oxygen atoms in total. The second kappa shape index (κ2) is 5.10. The van der Waals surface area contributed by atoms with Crippen LogP contribution in [-0.4, -0.2) is 37.6 Å². The van der Waals surface area contributed by atoms with Gasteiger partial charge in [-0.1, -0.05) is 0 Å². The highest BCUT2D eigenvalue weighted by atomic mass is 32.1. The standard InChI is InChI=1S/C12H14N4O2S/c17-5-8-4-9(15-14-8)11-2-1-3-16(11)12(18)10-6-19-7-13-10/h4,6-7,11,17H,1-3,5H2,(H,14,15). The van der Waals surface area contributed by atoms with Crippen molar-refractivity contribution in [2.45, 2.75) is 25.5 Å². The van der Waals surface area contributed by atoms with E-state index in [2.05, 4.69) is 15.2 Å². The van der Waals surface area contributed by atoms with Gasteiger partial charge in [0.05, 0.1) is 29.5 Å². The van der Waals surface area contributed by atoms with Crippen LogP contribution < -0.4 is 0 Å². The summed E-state index contributed by atoms with van der Waals surface area (Å²) in [7, 11) is 0. The van der Waals surface area contributed by atoms with Crippen molar-refractivity contribution in [1.82, 2.24) is 20.1 Å². The van der Waals surface area contributed by atoms with Crippen LogP contribution in [0.1, 0.15) is 40.8 Å². The summed E-state index contributed by atoms with van der Waals surface area (Å²) in [6.45, 7) is 0.655. The van der Waals surface area contributed by atoms with Crippen LogP contribution in [0.5, 0.6) is 0 Å². The van der Waals surface area contributed by atoms with E-state index in [9.17, 15) is 4.79 Å². The Bertz CT molecular complexity index is 566. The van der Waals surface area contributed by atoms with E-state index in [1.807, 2.05) is 11.0 Å². The van der Waals surface area contributed by atoms with Crippen LogP contribution in [0.3, 0.4) is 0 Å². The van der Waals surface area contributed by atoms with Crippen LogP contribution in [0.2, 0.25) is 0 Å². The number of likely N-dealkylation sites (tertiary alicyclic amines) is 1. The van der Waals surface area contributed by atoms with Crippen LogP contribution >= 0.6 is 11.3 Å². The number of hydrogen-bond donors (Lipinski definition) is 2. The first kappa shape index (κ1) is 12.3. The van der Waals surface area contributed by atoms with Crippen LogP contribution in [0.25, 0.3) is 0 Å². The number of aromatic amines is 1. The van der Waals surface area contributed by atoms with Gasteiger partial charge in [0.1, 0.15) is 5.69 Å². The summed E-state index contributed by atoms with van der Waals surface area (Å²) >= 11 is 1.42. The number of hydrogen-bond acceptors (Lipinski definition) is 5. The quantitative estimate of drug-likeness (QED) is 0.887. The molecule has 3 heterocycles. The minimum absolute atomic E-state index is 0.0225. The fraction of sp³-hybridized carbons (Fsp3) is 0.417. The van der Waals surface area contributed by atoms with Gasteiger partial charge in [-0.2, -0.15) is 5.10 Å². The summed E-state index contributed by atoms with van der Waals surface area (Å²) in [6, 6.07) is 1.79. The van der Waals surface area contributed by atoms with Gasteiger partial charge in [-0.3, -0.25) is 9.89 Å². The Balaban J connectivity index is 1.83. The van der Waals surface area contributed by atoms with Crippen LogP contribution in [0.15, 0.2) is 17.0 Å². The van der Waals surface area contributed by atoms with Gasteiger partial charge >= 0.3 is 0 Å². The predicted molar refractivity (Wildman–Crippen MR) is 69.6 cm³/mol. The summed E-state index contributed by atoms with van der Waals surface area (Å²) < 4.78 is 0. The lowest BCUT2D eigenvalue weighted by atomic mass is 10.1. The van der Waals surface area contributed by atoms with E-state index >= 15 is 0 Å². The minimum atomic E-state index is -0.0697. The molecule has 100 valence electrons. The maximum absolute atomic E-state index is 12.4. The number of aromatic nitrogens is 3. The number of rotatable bonds is 3. The number of aliphatic hydroxyl groups excluding tert-OH is 1. The normalized spacial score (nSPS) is 19.0. The van der Waals surface area contributed by atoms with Gasteiger partial charge in [-0.05, 0) is 18.9 Å². The van der Waals surface area contributed by atoms with Crippen molar-refractivity contribution in [3.05, 3.63) is 34.0 Å². The number of H-pyrrole nitrogens is 1. The fourth-order valence-corrected chi connectivity index (χ4v) is 2.94. The van der Waals surface area contributed by atoms with Gasteiger partial charge in [0.2, 0.25) is 0 Å². The van der Waals surface area contributed by atoms with Gasteiger partial charge < -0.3 is 10.0 Å². The van der Waals surface area contributed by atoms with Gasteiger partial charge in [0.25, 0.3) is 5.91 Å². The molecule has 7 heteroatoms. The Morgan fingerprint density at radius 1 is 1.63 bits per heavy atom. The Kier molecular flexibility index (Phi) is 3.31. The Hall–Kier alpha value is -1.73. The number of amides is 1. The van der Waals surface area contributed by atoms with Crippen molar-refractivity contribution < 1.29 is 9.90 Å². The first-order chi connectivity index (χ1) is 9.29. The fourth-order valence-electron chi connectivity index (χ4n) is 2.41. The largest absolute Gasteiger partial charge is 0.390 e. The van der Waals surface area contributed by atoms with Crippen LogP contribution in [0, 0.1) is 0 Å². The maximum atomic E-state index is 12.4. The molecule has 3 rings (SSSR count). The molecule has 1 atom stereocenters. The first-order valence-electron chi connectivity index (χ1n) is 6.14. The minimum Gasteiger partial charge on any atom is -0.390 e. The highest BCUT2D eigenvalue weighted by Crippen LogP contribution is 2.32. The molecular formula is C12H14N4O2S. The summed E-state index contributed by atoms with van der Waals surface area (Å²) in [5.41, 5.74) is 3.64. The van der Waals surface area contributed by atoms with Crippen molar-refractivity contribution in [3.8, 4) is 0 Å². The third kappa shape index (κ3) is 2.26. The van der Waals surface area contributed by atoms with Gasteiger partial charge in [0.15, 0.2) is 0 Å². The monoisotopic (exact) mass is 278 g/mol. The lowest BCUT2D eigenvalue weighted by molar-refractivity contribution is 0.0728. The Morgan fingerprint density at radius 2 is 2.53 bits per heavy atom. The summed E-state index contributed by atoms with van der Waals surface area (Å²) in [5.74, 6) is -0.0442. The molecule has 0 spiro atoms. The Morgan fingerprint density at radius 3 is 3.21 bits per heavy atom. The van der Waals surface area contributed by atoms with Crippen molar-refractivity contribution in [2.24, 2.45) is 0 Å². The predicted octanol–water partition coefficient (Wildman–Crippen LogP) is 1.34. The molecule has 1 fully saturated rings. The topological polar surface area (TPSA) is 82.1 Å². The molecule has 0 aliphatic carbocycles. The van der Waals surface area contributed by atoms with Crippen molar-refractivity contribution in [2.75, 3.05) is 6.54 Å². The van der Waals surface area contributed by atoms with Crippen LogP contribution in [0.4, 0.5) is 0 Å². The second-order valence-corrected chi connectivity index (χ2v) is 5.23. The molecule has 1 unspecified atom stereocenters. The van der Waals surface area contributed by atoms with E-state index in [1.165, 1.54) is 11.3 Å². The zero-order valence-corrected chi connectivity index (χ0v) is 11.1. The summed E-state index contributed by atoms with van der Waals surface area (Å²) in [6.07, 6.45) is 1.85. The molecule has 0 saturated carbocycles. The summed E-state index contributed by atoms with van der Waals surface area (Å²) in [5, 5.41) is 17.8. The third-order valence-corrected chi connectivity index (χ3v) is 3.91. The van der Waals surface area contributed by atoms with E-state index in [0.717, 1.165) is 25.1 Å². The molecule has 0 bridgehead atoms. The number of carbonyl (C=O) groups excluding carboxylic acids is 1. The first-order valence-corrected chi connectivity index (χ1v) is 7.08. The smallest absolute Gasteiger partial charge is 0.273 e. The lowest BCUT2D eigenvalue weighted by Crippen LogP contribution is -2.30. The number of nitrogens with one attached hydrogen (secondary N) is 1. The molecular weight excluding hydrogens is 264 g/mol. The van der Waals surface area contributed by atoms with Gasteiger partial charge in [0, 0.05) is 11.9 Å². The average molecular weight is 278 g/mol. The summed E-state index contributed by atoms with van der Waals surface area (Å²) in [4.78, 5) is 18.2. The van der Waals surface area contributed by atoms with E-state index < -0.39 is 0 Å². The van der Waals surface area contributed by atoms with E-state index in [0.29, 0.717) is 11.4 Å². The molecule has 2 N–H and O–H groups in total. The van der Waals surface area contributed by atoms with E-state index in [4.69, 9.17) is 5.11 Å². The van der Waals surface area contributed by atoms with Crippen molar-refractivity contribution in [3.63, 3.8) is 0 Å². The molecule has 1 amide bonds. The molecule has 19 heavy (non-hydrogen) atoms. The third-order valence-electron chi connectivity index (χ3n) is 3.33. The molecule has 0 aromatic carbocycles. The number of nitrogens with zero attached hydrogens (tertiary/aromatic N) is 3. The zero-order chi connectivity index (χ0) is 13.2. The Labute approximate surface area is 114 Å². The van der Waals surface area contributed by atoms with Gasteiger partial charge in [-0.25, -0.2) is 4.98 Å². The molecule has 1 aliphatic rings.